The standard InChI is InChI=1S/C8H19GeO4/c1-5-11-6-8(2)12-7-13-9(3)10-4/h8H,5-7H2,1-4H3. The molecule has 0 bridgehead atoms. The van der Waals surface area contributed by atoms with Crippen LogP contribution in [0.15, 0.2) is 0 Å². The Morgan fingerprint density at radius 3 is 2.62 bits per heavy atom. The van der Waals surface area contributed by atoms with Crippen LogP contribution < -0.4 is 0 Å². The van der Waals surface area contributed by atoms with Crippen molar-refractivity contribution in [2.45, 2.75) is 25.7 Å². The van der Waals surface area contributed by atoms with Gasteiger partial charge in [-0.1, -0.05) is 0 Å². The van der Waals surface area contributed by atoms with Crippen molar-refractivity contribution in [2.24, 2.45) is 0 Å². The molecule has 0 heterocycles. The topological polar surface area (TPSA) is 36.9 Å². The average Bonchev–Trinajstić information content (AvgIpc) is 2.14. The first-order valence-corrected chi connectivity index (χ1v) is 8.21. The van der Waals surface area contributed by atoms with Crippen molar-refractivity contribution in [1.82, 2.24) is 0 Å². The number of ether oxygens (including phenoxy) is 2. The summed E-state index contributed by atoms with van der Waals surface area (Å²) >= 11 is -1.68. The Balaban J connectivity index is 3.21. The molecule has 0 amide bonds. The average molecular weight is 252 g/mol. The van der Waals surface area contributed by atoms with Gasteiger partial charge in [0.25, 0.3) is 0 Å². The SMILES string of the molecule is CCOCC(C)OC[O][Ge]([CH3])[O]C. The van der Waals surface area contributed by atoms with Gasteiger partial charge in [-0.15, -0.1) is 0 Å². The first kappa shape index (κ1) is 13.4. The fourth-order valence-electron chi connectivity index (χ4n) is 0.624. The van der Waals surface area contributed by atoms with E-state index in [1.807, 2.05) is 19.6 Å². The Morgan fingerprint density at radius 1 is 1.38 bits per heavy atom. The van der Waals surface area contributed by atoms with Crippen LogP contribution in [0.5, 0.6) is 0 Å². The van der Waals surface area contributed by atoms with Crippen molar-refractivity contribution in [3.63, 3.8) is 0 Å². The molecule has 5 heteroatoms. The maximum atomic E-state index is 5.33. The second kappa shape index (κ2) is 8.96. The van der Waals surface area contributed by atoms with Crippen LogP contribution >= 0.6 is 0 Å². The Morgan fingerprint density at radius 2 is 2.08 bits per heavy atom. The minimum absolute atomic E-state index is 0.0859. The quantitative estimate of drug-likeness (QED) is 0.479. The van der Waals surface area contributed by atoms with Gasteiger partial charge in [-0.3, -0.25) is 0 Å². The van der Waals surface area contributed by atoms with Gasteiger partial charge in [-0.2, -0.15) is 0 Å². The molecule has 4 nitrogen and oxygen atoms in total. The molecule has 0 N–H and O–H groups in total. The number of rotatable bonds is 8. The summed E-state index contributed by atoms with van der Waals surface area (Å²) in [5, 5.41) is 0. The van der Waals surface area contributed by atoms with E-state index in [-0.39, 0.29) is 6.10 Å². The zero-order chi connectivity index (χ0) is 10.1. The fourth-order valence-corrected chi connectivity index (χ4v) is 1.36. The van der Waals surface area contributed by atoms with Crippen molar-refractivity contribution in [3.8, 4) is 0 Å². The zero-order valence-electron chi connectivity index (χ0n) is 8.83. The molecule has 0 aromatic rings. The summed E-state index contributed by atoms with van der Waals surface area (Å²) in [5.74, 6) is 1.98. The molecule has 13 heavy (non-hydrogen) atoms. The molecule has 0 rings (SSSR count). The molecule has 1 atom stereocenters. The van der Waals surface area contributed by atoms with E-state index in [0.29, 0.717) is 13.4 Å². The first-order chi connectivity index (χ1) is 6.20. The van der Waals surface area contributed by atoms with Crippen molar-refractivity contribution < 1.29 is 17.0 Å². The summed E-state index contributed by atoms with van der Waals surface area (Å²) in [6.07, 6.45) is 0.0859. The van der Waals surface area contributed by atoms with E-state index < -0.39 is 15.0 Å². The van der Waals surface area contributed by atoms with Crippen molar-refractivity contribution in [2.75, 3.05) is 27.1 Å². The van der Waals surface area contributed by atoms with E-state index in [9.17, 15) is 0 Å². The van der Waals surface area contributed by atoms with Crippen LogP contribution in [0, 0.1) is 0 Å². The van der Waals surface area contributed by atoms with Crippen molar-refractivity contribution in [1.29, 1.82) is 0 Å². The number of hydrogen-bond acceptors (Lipinski definition) is 4. The second-order valence-electron chi connectivity index (χ2n) is 2.59. The molecule has 79 valence electrons. The Labute approximate surface area is 85.3 Å². The first-order valence-electron chi connectivity index (χ1n) is 4.40. The molecule has 0 aliphatic rings. The third-order valence-electron chi connectivity index (χ3n) is 1.46. The molecular weight excluding hydrogens is 233 g/mol. The molecule has 1 radical (unpaired) electrons. The molecule has 0 aliphatic carbocycles. The van der Waals surface area contributed by atoms with E-state index in [2.05, 4.69) is 0 Å². The normalized spacial score (nSPS) is 13.6. The molecule has 0 saturated carbocycles. The maximum absolute atomic E-state index is 5.33. The third-order valence-corrected chi connectivity index (χ3v) is 3.77. The van der Waals surface area contributed by atoms with Crippen LogP contribution in [-0.4, -0.2) is 48.2 Å². The van der Waals surface area contributed by atoms with Crippen LogP contribution in [0.25, 0.3) is 0 Å². The van der Waals surface area contributed by atoms with E-state index in [0.717, 1.165) is 6.61 Å². The summed E-state index contributed by atoms with van der Waals surface area (Å²) in [6, 6.07) is 0. The Kier molecular flexibility index (Phi) is 9.22. The van der Waals surface area contributed by atoms with Gasteiger partial charge in [0, 0.05) is 0 Å². The van der Waals surface area contributed by atoms with Crippen molar-refractivity contribution in [3.05, 3.63) is 0 Å². The molecular formula is C8H19GeO4. The van der Waals surface area contributed by atoms with Gasteiger partial charge in [-0.25, -0.2) is 0 Å². The predicted molar refractivity (Wildman–Crippen MR) is 51.6 cm³/mol. The molecule has 0 saturated heterocycles. The third kappa shape index (κ3) is 8.71. The predicted octanol–water partition coefficient (Wildman–Crippen LogP) is 1.17. The van der Waals surface area contributed by atoms with E-state index >= 15 is 0 Å². The van der Waals surface area contributed by atoms with Crippen LogP contribution in [0.4, 0.5) is 0 Å². The summed E-state index contributed by atoms with van der Waals surface area (Å²) in [6.45, 7) is 5.57. The summed E-state index contributed by atoms with van der Waals surface area (Å²) < 4.78 is 20.9. The number of hydrogen-bond donors (Lipinski definition) is 0. The van der Waals surface area contributed by atoms with E-state index in [4.69, 9.17) is 17.0 Å². The summed E-state index contributed by atoms with van der Waals surface area (Å²) in [4.78, 5) is 0. The second-order valence-corrected chi connectivity index (χ2v) is 6.12. The Hall–Kier alpha value is 0.383. The van der Waals surface area contributed by atoms with E-state index in [1.165, 1.54) is 0 Å². The zero-order valence-corrected chi connectivity index (χ0v) is 10.9. The van der Waals surface area contributed by atoms with Gasteiger partial charge in [0.2, 0.25) is 0 Å². The molecule has 0 aliphatic heterocycles. The molecule has 0 spiro atoms. The van der Waals surface area contributed by atoms with Gasteiger partial charge in [0.05, 0.1) is 0 Å². The Bertz CT molecular complexity index is 112. The minimum atomic E-state index is -1.68. The summed E-state index contributed by atoms with van der Waals surface area (Å²) in [5.41, 5.74) is 0. The van der Waals surface area contributed by atoms with Gasteiger partial charge in [-0.05, 0) is 0 Å². The molecule has 0 aromatic heterocycles. The molecule has 1 unspecified atom stereocenters. The monoisotopic (exact) mass is 253 g/mol. The van der Waals surface area contributed by atoms with Gasteiger partial charge in [0.1, 0.15) is 0 Å². The van der Waals surface area contributed by atoms with Crippen molar-refractivity contribution >= 4 is 15.0 Å². The van der Waals surface area contributed by atoms with Crippen LogP contribution in [-0.2, 0) is 17.0 Å². The summed E-state index contributed by atoms with van der Waals surface area (Å²) in [7, 11) is 1.67. The van der Waals surface area contributed by atoms with Gasteiger partial charge in [0.15, 0.2) is 0 Å². The van der Waals surface area contributed by atoms with Gasteiger partial charge >= 0.3 is 84.8 Å². The van der Waals surface area contributed by atoms with Crippen LogP contribution in [0.3, 0.4) is 0 Å². The van der Waals surface area contributed by atoms with Gasteiger partial charge < -0.3 is 0 Å². The van der Waals surface area contributed by atoms with Crippen LogP contribution in [0.2, 0.25) is 5.76 Å². The molecule has 0 fully saturated rings. The van der Waals surface area contributed by atoms with E-state index in [1.54, 1.807) is 7.11 Å². The molecule has 0 aromatic carbocycles. The van der Waals surface area contributed by atoms with Crippen LogP contribution in [0.1, 0.15) is 13.8 Å². The fraction of sp³-hybridized carbons (Fsp3) is 1.00.